The van der Waals surface area contributed by atoms with Crippen LogP contribution in [0.2, 0.25) is 0 Å². The minimum Gasteiger partial charge on any atom is -0.324 e. The van der Waals surface area contributed by atoms with Gasteiger partial charge in [0.05, 0.1) is 0 Å². The Bertz CT molecular complexity index is 619. The molecule has 1 aliphatic rings. The van der Waals surface area contributed by atoms with E-state index in [1.165, 1.54) is 11.1 Å². The lowest BCUT2D eigenvalue weighted by Crippen LogP contribution is -2.17. The van der Waals surface area contributed by atoms with Crippen molar-refractivity contribution in [3.63, 3.8) is 0 Å². The molecule has 3 nitrogen and oxygen atoms in total. The molecule has 0 saturated carbocycles. The van der Waals surface area contributed by atoms with E-state index in [1.54, 1.807) is 0 Å². The molecule has 1 unspecified atom stereocenters. The van der Waals surface area contributed by atoms with Crippen molar-refractivity contribution < 1.29 is 0 Å². The highest BCUT2D eigenvalue weighted by Gasteiger charge is 2.22. The average molecular weight is 267 g/mol. The monoisotopic (exact) mass is 267 g/mol. The first kappa shape index (κ1) is 13.3. The molecular formula is C17H21N3. The molecule has 2 aromatic rings. The van der Waals surface area contributed by atoms with Gasteiger partial charge in [-0.15, -0.1) is 0 Å². The lowest BCUT2D eigenvalue weighted by Gasteiger charge is -2.24. The molecule has 0 radical (unpaired) electrons. The van der Waals surface area contributed by atoms with Crippen molar-refractivity contribution in [3.8, 4) is 0 Å². The van der Waals surface area contributed by atoms with Gasteiger partial charge in [0.2, 0.25) is 0 Å². The Hall–Kier alpha value is -1.74. The highest BCUT2D eigenvalue weighted by Crippen LogP contribution is 2.31. The Morgan fingerprint density at radius 3 is 2.70 bits per heavy atom. The first-order valence-corrected chi connectivity index (χ1v) is 7.31. The second-order valence-corrected chi connectivity index (χ2v) is 5.77. The second kappa shape index (κ2) is 5.33. The normalized spacial score (nSPS) is 19.4. The molecule has 1 heterocycles. The van der Waals surface area contributed by atoms with Gasteiger partial charge in [0.15, 0.2) is 0 Å². The van der Waals surface area contributed by atoms with Crippen molar-refractivity contribution in [2.75, 3.05) is 0 Å². The zero-order valence-electron chi connectivity index (χ0n) is 12.1. The molecule has 2 atom stereocenters. The van der Waals surface area contributed by atoms with Crippen LogP contribution in [0.25, 0.3) is 0 Å². The molecule has 2 N–H and O–H groups in total. The summed E-state index contributed by atoms with van der Waals surface area (Å²) in [5.41, 5.74) is 10.9. The first-order valence-electron chi connectivity index (χ1n) is 7.31. The summed E-state index contributed by atoms with van der Waals surface area (Å²) in [6.45, 7) is 4.00. The van der Waals surface area contributed by atoms with Gasteiger partial charge < -0.3 is 5.73 Å². The largest absolute Gasteiger partial charge is 0.324 e. The molecule has 0 bridgehead atoms. The quantitative estimate of drug-likeness (QED) is 0.909. The molecule has 1 aliphatic carbocycles. The van der Waals surface area contributed by atoms with Crippen LogP contribution < -0.4 is 5.73 Å². The van der Waals surface area contributed by atoms with E-state index < -0.39 is 0 Å². The van der Waals surface area contributed by atoms with Gasteiger partial charge >= 0.3 is 0 Å². The SMILES string of the molecule is Cc1nc(C2CCc3ccccc3C2)ncc1[C@@H](C)N. The number of hydrogen-bond donors (Lipinski definition) is 1. The Kier molecular flexibility index (Phi) is 3.53. The van der Waals surface area contributed by atoms with E-state index in [1.807, 2.05) is 20.0 Å². The van der Waals surface area contributed by atoms with Gasteiger partial charge in [-0.05, 0) is 44.2 Å². The molecule has 0 saturated heterocycles. The standard InChI is InChI=1S/C17H21N3/c1-11(18)16-10-19-17(20-12(16)2)15-8-7-13-5-3-4-6-14(13)9-15/h3-6,10-11,15H,7-9,18H2,1-2H3/t11-,15?/m1/s1. The average Bonchev–Trinajstić information content (AvgIpc) is 2.46. The van der Waals surface area contributed by atoms with E-state index in [2.05, 4.69) is 29.2 Å². The number of nitrogens with zero attached hydrogens (tertiary/aromatic N) is 2. The third-order valence-corrected chi connectivity index (χ3v) is 4.24. The highest BCUT2D eigenvalue weighted by atomic mass is 14.9. The van der Waals surface area contributed by atoms with Gasteiger partial charge in [-0.3, -0.25) is 0 Å². The Morgan fingerprint density at radius 1 is 1.25 bits per heavy atom. The highest BCUT2D eigenvalue weighted by molar-refractivity contribution is 5.32. The summed E-state index contributed by atoms with van der Waals surface area (Å²) < 4.78 is 0. The number of rotatable bonds is 2. The predicted molar refractivity (Wildman–Crippen MR) is 80.6 cm³/mol. The van der Waals surface area contributed by atoms with Crippen LogP contribution in [0.3, 0.4) is 0 Å². The molecular weight excluding hydrogens is 246 g/mol. The molecule has 0 aliphatic heterocycles. The number of fused-ring (bicyclic) bond motifs is 1. The number of benzene rings is 1. The molecule has 0 spiro atoms. The van der Waals surface area contributed by atoms with Gasteiger partial charge in [-0.25, -0.2) is 9.97 Å². The van der Waals surface area contributed by atoms with Crippen LogP contribution in [0.1, 0.15) is 53.5 Å². The first-order chi connectivity index (χ1) is 9.65. The summed E-state index contributed by atoms with van der Waals surface area (Å²) in [5.74, 6) is 1.41. The maximum atomic E-state index is 5.93. The molecule has 3 heteroatoms. The van der Waals surface area contributed by atoms with Crippen molar-refractivity contribution in [3.05, 3.63) is 58.7 Å². The fraction of sp³-hybridized carbons (Fsp3) is 0.412. The molecule has 1 aromatic carbocycles. The minimum atomic E-state index is -0.00358. The molecule has 0 amide bonds. The maximum Gasteiger partial charge on any atom is 0.131 e. The van der Waals surface area contributed by atoms with Crippen molar-refractivity contribution in [1.82, 2.24) is 9.97 Å². The zero-order chi connectivity index (χ0) is 14.1. The molecule has 1 aromatic heterocycles. The molecule has 104 valence electrons. The Labute approximate surface area is 120 Å². The lowest BCUT2D eigenvalue weighted by atomic mass is 9.83. The van der Waals surface area contributed by atoms with Gasteiger partial charge in [0, 0.05) is 29.4 Å². The molecule has 0 fully saturated rings. The van der Waals surface area contributed by atoms with E-state index in [9.17, 15) is 0 Å². The third kappa shape index (κ3) is 2.46. The Morgan fingerprint density at radius 2 is 2.00 bits per heavy atom. The summed E-state index contributed by atoms with van der Waals surface area (Å²) in [5, 5.41) is 0. The summed E-state index contributed by atoms with van der Waals surface area (Å²) >= 11 is 0. The van der Waals surface area contributed by atoms with Crippen LogP contribution in [-0.2, 0) is 12.8 Å². The summed E-state index contributed by atoms with van der Waals surface area (Å²) in [4.78, 5) is 9.27. The molecule has 20 heavy (non-hydrogen) atoms. The van der Waals surface area contributed by atoms with Crippen LogP contribution >= 0.6 is 0 Å². The van der Waals surface area contributed by atoms with E-state index in [4.69, 9.17) is 10.7 Å². The van der Waals surface area contributed by atoms with Crippen molar-refractivity contribution in [2.45, 2.75) is 45.1 Å². The van der Waals surface area contributed by atoms with Crippen LogP contribution in [0.15, 0.2) is 30.5 Å². The Balaban J connectivity index is 1.86. The summed E-state index contributed by atoms with van der Waals surface area (Å²) in [7, 11) is 0. The van der Waals surface area contributed by atoms with Crippen LogP contribution in [0, 0.1) is 6.92 Å². The molecule has 3 rings (SSSR count). The van der Waals surface area contributed by atoms with Gasteiger partial charge in [0.1, 0.15) is 5.82 Å². The summed E-state index contributed by atoms with van der Waals surface area (Å²) in [6.07, 6.45) is 5.21. The van der Waals surface area contributed by atoms with Gasteiger partial charge in [-0.2, -0.15) is 0 Å². The topological polar surface area (TPSA) is 51.8 Å². The van der Waals surface area contributed by atoms with Crippen molar-refractivity contribution in [2.24, 2.45) is 5.73 Å². The second-order valence-electron chi connectivity index (χ2n) is 5.77. The van der Waals surface area contributed by atoms with E-state index in [0.29, 0.717) is 5.92 Å². The lowest BCUT2D eigenvalue weighted by molar-refractivity contribution is 0.551. The minimum absolute atomic E-state index is 0.00358. The van der Waals surface area contributed by atoms with Crippen molar-refractivity contribution >= 4 is 0 Å². The number of nitrogens with two attached hydrogens (primary N) is 1. The van der Waals surface area contributed by atoms with Crippen LogP contribution in [-0.4, -0.2) is 9.97 Å². The maximum absolute atomic E-state index is 5.93. The predicted octanol–water partition coefficient (Wildman–Crippen LogP) is 3.08. The summed E-state index contributed by atoms with van der Waals surface area (Å²) in [6, 6.07) is 8.70. The zero-order valence-corrected chi connectivity index (χ0v) is 12.1. The smallest absolute Gasteiger partial charge is 0.131 e. The van der Waals surface area contributed by atoms with E-state index >= 15 is 0 Å². The number of aromatic nitrogens is 2. The van der Waals surface area contributed by atoms with Crippen molar-refractivity contribution in [1.29, 1.82) is 0 Å². The van der Waals surface area contributed by atoms with E-state index in [0.717, 1.165) is 36.3 Å². The number of hydrogen-bond acceptors (Lipinski definition) is 3. The van der Waals surface area contributed by atoms with Crippen LogP contribution in [0.5, 0.6) is 0 Å². The number of aryl methyl sites for hydroxylation is 2. The van der Waals surface area contributed by atoms with Gasteiger partial charge in [-0.1, -0.05) is 24.3 Å². The van der Waals surface area contributed by atoms with E-state index in [-0.39, 0.29) is 6.04 Å². The van der Waals surface area contributed by atoms with Crippen LogP contribution in [0.4, 0.5) is 0 Å². The fourth-order valence-corrected chi connectivity index (χ4v) is 3.06. The fourth-order valence-electron chi connectivity index (χ4n) is 3.06. The van der Waals surface area contributed by atoms with Gasteiger partial charge in [0.25, 0.3) is 0 Å². The third-order valence-electron chi connectivity index (χ3n) is 4.24.